The molecule has 0 radical (unpaired) electrons. The van der Waals surface area contributed by atoms with Crippen molar-refractivity contribution in [1.29, 1.82) is 0 Å². The third-order valence-electron chi connectivity index (χ3n) is 3.71. The highest BCUT2D eigenvalue weighted by atomic mass is 16.5. The number of hydrogen-bond acceptors (Lipinski definition) is 4. The Morgan fingerprint density at radius 2 is 2.00 bits per heavy atom. The maximum Gasteiger partial charge on any atom is 0.238 e. The van der Waals surface area contributed by atoms with E-state index in [1.165, 1.54) is 0 Å². The lowest BCUT2D eigenvalue weighted by molar-refractivity contribution is -0.115. The monoisotopic (exact) mass is 305 g/mol. The summed E-state index contributed by atoms with van der Waals surface area (Å²) in [5.41, 5.74) is 1.95. The standard InChI is InChI=1S/C17H27N3O2/c1-14(2)7-8-18-13-17(21)19-15-5-3-4-6-16(15)20-9-11-22-12-10-20/h3-6,14,18H,7-13H2,1-2H3,(H,19,21). The van der Waals surface area contributed by atoms with Crippen molar-refractivity contribution in [3.8, 4) is 0 Å². The van der Waals surface area contributed by atoms with Gasteiger partial charge in [0.25, 0.3) is 0 Å². The average molecular weight is 305 g/mol. The van der Waals surface area contributed by atoms with Crippen molar-refractivity contribution in [2.45, 2.75) is 20.3 Å². The fraction of sp³-hybridized carbons (Fsp3) is 0.588. The number of carbonyl (C=O) groups excluding carboxylic acids is 1. The molecule has 2 rings (SSSR count). The molecule has 2 N–H and O–H groups in total. The predicted octanol–water partition coefficient (Wildman–Crippen LogP) is 2.10. The number of para-hydroxylation sites is 2. The molecule has 0 spiro atoms. The van der Waals surface area contributed by atoms with Crippen LogP contribution >= 0.6 is 0 Å². The van der Waals surface area contributed by atoms with Crippen LogP contribution in [-0.2, 0) is 9.53 Å². The molecule has 122 valence electrons. The van der Waals surface area contributed by atoms with E-state index in [0.717, 1.165) is 50.6 Å². The summed E-state index contributed by atoms with van der Waals surface area (Å²) in [6, 6.07) is 7.96. The topological polar surface area (TPSA) is 53.6 Å². The van der Waals surface area contributed by atoms with E-state index in [-0.39, 0.29) is 5.91 Å². The maximum absolute atomic E-state index is 12.1. The van der Waals surface area contributed by atoms with Gasteiger partial charge in [-0.2, -0.15) is 0 Å². The summed E-state index contributed by atoms with van der Waals surface area (Å²) in [5, 5.41) is 6.20. The molecule has 22 heavy (non-hydrogen) atoms. The third-order valence-corrected chi connectivity index (χ3v) is 3.71. The van der Waals surface area contributed by atoms with Gasteiger partial charge in [0.05, 0.1) is 31.1 Å². The second kappa shape index (κ2) is 8.76. The zero-order chi connectivity index (χ0) is 15.8. The summed E-state index contributed by atoms with van der Waals surface area (Å²) in [4.78, 5) is 14.3. The minimum atomic E-state index is 0.00413. The fourth-order valence-corrected chi connectivity index (χ4v) is 2.45. The number of ether oxygens (including phenoxy) is 1. The highest BCUT2D eigenvalue weighted by Gasteiger charge is 2.15. The van der Waals surface area contributed by atoms with Gasteiger partial charge in [-0.15, -0.1) is 0 Å². The van der Waals surface area contributed by atoms with Gasteiger partial charge in [0, 0.05) is 13.1 Å². The van der Waals surface area contributed by atoms with E-state index < -0.39 is 0 Å². The van der Waals surface area contributed by atoms with Gasteiger partial charge in [-0.05, 0) is 31.0 Å². The van der Waals surface area contributed by atoms with E-state index in [1.54, 1.807) is 0 Å². The van der Waals surface area contributed by atoms with Crippen LogP contribution in [0.15, 0.2) is 24.3 Å². The number of hydrogen-bond donors (Lipinski definition) is 2. The first-order chi connectivity index (χ1) is 10.7. The third kappa shape index (κ3) is 5.31. The zero-order valence-electron chi connectivity index (χ0n) is 13.6. The van der Waals surface area contributed by atoms with E-state index in [2.05, 4.69) is 29.4 Å². The Balaban J connectivity index is 1.87. The molecular formula is C17H27N3O2. The molecule has 1 amide bonds. The second-order valence-corrected chi connectivity index (χ2v) is 6.02. The Labute approximate surface area is 133 Å². The minimum Gasteiger partial charge on any atom is -0.378 e. The van der Waals surface area contributed by atoms with Crippen LogP contribution in [0.1, 0.15) is 20.3 Å². The molecule has 1 aliphatic rings. The van der Waals surface area contributed by atoms with Gasteiger partial charge < -0.3 is 20.3 Å². The first-order valence-electron chi connectivity index (χ1n) is 8.09. The Morgan fingerprint density at radius 3 is 2.73 bits per heavy atom. The molecule has 0 unspecified atom stereocenters. The number of nitrogens with zero attached hydrogens (tertiary/aromatic N) is 1. The Morgan fingerprint density at radius 1 is 1.27 bits per heavy atom. The van der Waals surface area contributed by atoms with Crippen LogP contribution in [0.4, 0.5) is 11.4 Å². The largest absolute Gasteiger partial charge is 0.378 e. The molecule has 1 fully saturated rings. The van der Waals surface area contributed by atoms with E-state index in [4.69, 9.17) is 4.74 Å². The van der Waals surface area contributed by atoms with Crippen LogP contribution in [-0.4, -0.2) is 45.3 Å². The average Bonchev–Trinajstić information content (AvgIpc) is 2.53. The molecule has 5 nitrogen and oxygen atoms in total. The van der Waals surface area contributed by atoms with Gasteiger partial charge in [-0.1, -0.05) is 26.0 Å². The summed E-state index contributed by atoms with van der Waals surface area (Å²) in [5.74, 6) is 0.655. The van der Waals surface area contributed by atoms with Crippen LogP contribution in [0.5, 0.6) is 0 Å². The van der Waals surface area contributed by atoms with Crippen molar-refractivity contribution in [2.75, 3.05) is 49.6 Å². The van der Waals surface area contributed by atoms with Gasteiger partial charge in [-0.3, -0.25) is 4.79 Å². The lowest BCUT2D eigenvalue weighted by Crippen LogP contribution is -2.37. The quantitative estimate of drug-likeness (QED) is 0.758. The SMILES string of the molecule is CC(C)CCNCC(=O)Nc1ccccc1N1CCOCC1. The zero-order valence-corrected chi connectivity index (χ0v) is 13.6. The van der Waals surface area contributed by atoms with Gasteiger partial charge in [0.1, 0.15) is 0 Å². The number of carbonyl (C=O) groups is 1. The van der Waals surface area contributed by atoms with Crippen molar-refractivity contribution < 1.29 is 9.53 Å². The first kappa shape index (κ1) is 16.8. The van der Waals surface area contributed by atoms with Crippen LogP contribution < -0.4 is 15.5 Å². The molecule has 0 aromatic heterocycles. The summed E-state index contributed by atoms with van der Waals surface area (Å²) >= 11 is 0. The number of nitrogens with one attached hydrogen (secondary N) is 2. The van der Waals surface area contributed by atoms with Crippen LogP contribution in [0.25, 0.3) is 0 Å². The van der Waals surface area contributed by atoms with E-state index in [0.29, 0.717) is 12.5 Å². The molecule has 1 aromatic rings. The normalized spacial score (nSPS) is 15.1. The fourth-order valence-electron chi connectivity index (χ4n) is 2.45. The minimum absolute atomic E-state index is 0.00413. The molecule has 0 bridgehead atoms. The number of benzene rings is 1. The Kier molecular flexibility index (Phi) is 6.68. The summed E-state index contributed by atoms with van der Waals surface area (Å²) < 4.78 is 5.39. The Bertz CT molecular complexity index is 471. The smallest absolute Gasteiger partial charge is 0.238 e. The van der Waals surface area contributed by atoms with Crippen molar-refractivity contribution >= 4 is 17.3 Å². The van der Waals surface area contributed by atoms with E-state index in [1.807, 2.05) is 24.3 Å². The molecule has 1 heterocycles. The molecular weight excluding hydrogens is 278 g/mol. The van der Waals surface area contributed by atoms with Crippen LogP contribution in [0.3, 0.4) is 0 Å². The highest BCUT2D eigenvalue weighted by Crippen LogP contribution is 2.26. The number of rotatable bonds is 7. The van der Waals surface area contributed by atoms with E-state index >= 15 is 0 Å². The van der Waals surface area contributed by atoms with Crippen molar-refractivity contribution in [3.63, 3.8) is 0 Å². The van der Waals surface area contributed by atoms with Crippen LogP contribution in [0.2, 0.25) is 0 Å². The van der Waals surface area contributed by atoms with Crippen molar-refractivity contribution in [2.24, 2.45) is 5.92 Å². The lowest BCUT2D eigenvalue weighted by atomic mass is 10.1. The molecule has 0 saturated carbocycles. The molecule has 1 saturated heterocycles. The number of anilines is 2. The molecule has 0 aliphatic carbocycles. The predicted molar refractivity (Wildman–Crippen MR) is 90.4 cm³/mol. The van der Waals surface area contributed by atoms with Gasteiger partial charge >= 0.3 is 0 Å². The highest BCUT2D eigenvalue weighted by molar-refractivity contribution is 5.95. The van der Waals surface area contributed by atoms with Gasteiger partial charge in [-0.25, -0.2) is 0 Å². The van der Waals surface area contributed by atoms with Gasteiger partial charge in [0.2, 0.25) is 5.91 Å². The van der Waals surface area contributed by atoms with Gasteiger partial charge in [0.15, 0.2) is 0 Å². The molecule has 5 heteroatoms. The summed E-state index contributed by atoms with van der Waals surface area (Å²) in [6.07, 6.45) is 1.08. The number of morpholine rings is 1. The van der Waals surface area contributed by atoms with Crippen LogP contribution in [0, 0.1) is 5.92 Å². The molecule has 1 aliphatic heterocycles. The maximum atomic E-state index is 12.1. The second-order valence-electron chi connectivity index (χ2n) is 6.02. The van der Waals surface area contributed by atoms with E-state index in [9.17, 15) is 4.79 Å². The number of amides is 1. The molecule has 1 aromatic carbocycles. The summed E-state index contributed by atoms with van der Waals surface area (Å²) in [7, 11) is 0. The Hall–Kier alpha value is -1.59. The first-order valence-corrected chi connectivity index (χ1v) is 8.09. The van der Waals surface area contributed by atoms with Crippen molar-refractivity contribution in [1.82, 2.24) is 5.32 Å². The molecule has 0 atom stereocenters. The lowest BCUT2D eigenvalue weighted by Gasteiger charge is -2.30. The summed E-state index contributed by atoms with van der Waals surface area (Å²) in [6.45, 7) is 8.78. The van der Waals surface area contributed by atoms with Crippen molar-refractivity contribution in [3.05, 3.63) is 24.3 Å².